The molecule has 2 aromatic carbocycles. The molecule has 0 bridgehead atoms. The van der Waals surface area contributed by atoms with E-state index in [9.17, 15) is 19.2 Å². The van der Waals surface area contributed by atoms with Gasteiger partial charge in [-0.1, -0.05) is 48.5 Å². The molecule has 10 heteroatoms. The predicted octanol–water partition coefficient (Wildman–Crippen LogP) is 2.29. The van der Waals surface area contributed by atoms with Crippen LogP contribution in [0.15, 0.2) is 60.7 Å². The van der Waals surface area contributed by atoms with Gasteiger partial charge in [0, 0.05) is 18.7 Å². The van der Waals surface area contributed by atoms with Crippen LogP contribution in [0, 0.1) is 5.41 Å². The highest BCUT2D eigenvalue weighted by atomic mass is 16.6. The summed E-state index contributed by atoms with van der Waals surface area (Å²) in [5.41, 5.74) is 6.85. The number of guanidine groups is 1. The van der Waals surface area contributed by atoms with Crippen molar-refractivity contribution in [1.82, 2.24) is 15.1 Å². The number of nitrogens with one attached hydrogen (secondary N) is 2. The van der Waals surface area contributed by atoms with E-state index in [1.54, 1.807) is 24.3 Å². The molecule has 0 unspecified atom stereocenters. The van der Waals surface area contributed by atoms with Crippen molar-refractivity contribution in [3.63, 3.8) is 0 Å². The molecule has 190 valence electrons. The maximum Gasteiger partial charge on any atom is 0.416 e. The Morgan fingerprint density at radius 3 is 2.44 bits per heavy atom. The predicted molar refractivity (Wildman–Crippen MR) is 133 cm³/mol. The van der Waals surface area contributed by atoms with Gasteiger partial charge in [0.25, 0.3) is 5.91 Å². The van der Waals surface area contributed by atoms with Gasteiger partial charge in [0.05, 0.1) is 6.04 Å². The molecule has 3 rings (SSSR count). The van der Waals surface area contributed by atoms with Gasteiger partial charge in [-0.25, -0.2) is 9.69 Å². The van der Waals surface area contributed by atoms with Crippen molar-refractivity contribution < 1.29 is 23.9 Å². The van der Waals surface area contributed by atoms with Gasteiger partial charge in [-0.3, -0.25) is 15.0 Å². The number of carbonyl (C=O) groups excluding carboxylic acids is 4. The first-order valence-corrected chi connectivity index (χ1v) is 11.8. The summed E-state index contributed by atoms with van der Waals surface area (Å²) in [7, 11) is 0. The standard InChI is InChI=1S/C26H31N5O5/c27-25(28)31(26(35)36-18-19-9-3-1-4-10-19)16-7-13-21(17-32)29-23(33)22-14-8-15-30(22)24(34)20-11-5-2-6-12-20/h1-6,9-12,17,21-22H,7-8,13-16,18H2,(H3,27,28)(H,29,33)/t21-,22-/m0/s1. The number of nitrogens with two attached hydrogens (primary N) is 1. The first kappa shape index (κ1) is 26.4. The van der Waals surface area contributed by atoms with Gasteiger partial charge >= 0.3 is 6.09 Å². The van der Waals surface area contributed by atoms with E-state index in [1.165, 1.54) is 4.90 Å². The summed E-state index contributed by atoms with van der Waals surface area (Å²) in [5.74, 6) is -1.08. The third-order valence-electron chi connectivity index (χ3n) is 5.94. The number of ether oxygens (including phenoxy) is 1. The van der Waals surface area contributed by atoms with E-state index in [1.807, 2.05) is 36.4 Å². The van der Waals surface area contributed by atoms with E-state index in [2.05, 4.69) is 5.32 Å². The molecule has 1 fully saturated rings. The second-order valence-corrected chi connectivity index (χ2v) is 8.49. The Morgan fingerprint density at radius 1 is 1.14 bits per heavy atom. The van der Waals surface area contributed by atoms with E-state index in [0.717, 1.165) is 10.5 Å². The third kappa shape index (κ3) is 7.14. The maximum absolute atomic E-state index is 12.9. The quantitative estimate of drug-likeness (QED) is 0.263. The fourth-order valence-electron chi connectivity index (χ4n) is 4.06. The van der Waals surface area contributed by atoms with Crippen LogP contribution in [0.4, 0.5) is 4.79 Å². The van der Waals surface area contributed by atoms with Crippen LogP contribution in [0.25, 0.3) is 0 Å². The third-order valence-corrected chi connectivity index (χ3v) is 5.94. The molecule has 36 heavy (non-hydrogen) atoms. The second-order valence-electron chi connectivity index (χ2n) is 8.49. The fourth-order valence-corrected chi connectivity index (χ4v) is 4.06. The molecule has 1 saturated heterocycles. The minimum Gasteiger partial charge on any atom is -0.444 e. The Balaban J connectivity index is 1.49. The molecule has 0 saturated carbocycles. The number of benzene rings is 2. The molecular formula is C26H31N5O5. The summed E-state index contributed by atoms with van der Waals surface area (Å²) in [5, 5.41) is 10.4. The molecule has 1 aliphatic heterocycles. The molecule has 4 N–H and O–H groups in total. The lowest BCUT2D eigenvalue weighted by Crippen LogP contribution is -2.49. The molecule has 2 aromatic rings. The zero-order valence-corrected chi connectivity index (χ0v) is 20.0. The highest BCUT2D eigenvalue weighted by molar-refractivity contribution is 5.98. The van der Waals surface area contributed by atoms with Crippen LogP contribution in [0.1, 0.15) is 41.6 Å². The first-order chi connectivity index (χ1) is 17.4. The average molecular weight is 494 g/mol. The highest BCUT2D eigenvalue weighted by Gasteiger charge is 2.35. The summed E-state index contributed by atoms with van der Waals surface area (Å²) in [6, 6.07) is 16.4. The van der Waals surface area contributed by atoms with Crippen molar-refractivity contribution in [3.05, 3.63) is 71.8 Å². The highest BCUT2D eigenvalue weighted by Crippen LogP contribution is 2.20. The number of likely N-dealkylation sites (tertiary alicyclic amines) is 1. The van der Waals surface area contributed by atoms with Gasteiger partial charge < -0.3 is 25.5 Å². The van der Waals surface area contributed by atoms with Gasteiger partial charge in [-0.05, 0) is 43.4 Å². The van der Waals surface area contributed by atoms with Crippen LogP contribution in [-0.2, 0) is 20.9 Å². The molecule has 1 heterocycles. The number of carbonyl (C=O) groups is 4. The molecule has 0 spiro atoms. The van der Waals surface area contributed by atoms with Crippen molar-refractivity contribution in [1.29, 1.82) is 5.41 Å². The molecule has 1 aliphatic rings. The number of amides is 3. The van der Waals surface area contributed by atoms with E-state index >= 15 is 0 Å². The molecule has 3 amide bonds. The van der Waals surface area contributed by atoms with Crippen molar-refractivity contribution in [3.8, 4) is 0 Å². The van der Waals surface area contributed by atoms with Crippen LogP contribution in [-0.4, -0.2) is 65.1 Å². The number of aldehydes is 1. The van der Waals surface area contributed by atoms with Crippen molar-refractivity contribution in [2.45, 2.75) is 44.4 Å². The van der Waals surface area contributed by atoms with Crippen molar-refractivity contribution >= 4 is 30.2 Å². The van der Waals surface area contributed by atoms with E-state index in [4.69, 9.17) is 15.9 Å². The molecule has 10 nitrogen and oxygen atoms in total. The van der Waals surface area contributed by atoms with Gasteiger partial charge in [0.2, 0.25) is 5.91 Å². The Morgan fingerprint density at radius 2 is 1.81 bits per heavy atom. The van der Waals surface area contributed by atoms with Crippen LogP contribution in [0.2, 0.25) is 0 Å². The van der Waals surface area contributed by atoms with Gasteiger partial charge in [-0.15, -0.1) is 0 Å². The van der Waals surface area contributed by atoms with Crippen LogP contribution < -0.4 is 11.1 Å². The van der Waals surface area contributed by atoms with Crippen molar-refractivity contribution in [2.24, 2.45) is 5.73 Å². The Kier molecular flexibility index (Phi) is 9.56. The first-order valence-electron chi connectivity index (χ1n) is 11.8. The fraction of sp³-hybridized carbons (Fsp3) is 0.346. The van der Waals surface area contributed by atoms with Crippen LogP contribution >= 0.6 is 0 Å². The molecule has 0 aromatic heterocycles. The Hall–Kier alpha value is -4.21. The summed E-state index contributed by atoms with van der Waals surface area (Å²) >= 11 is 0. The van der Waals surface area contributed by atoms with Crippen molar-refractivity contribution in [2.75, 3.05) is 13.1 Å². The monoisotopic (exact) mass is 493 g/mol. The van der Waals surface area contributed by atoms with E-state index in [-0.39, 0.29) is 31.4 Å². The summed E-state index contributed by atoms with van der Waals surface area (Å²) in [4.78, 5) is 52.2. The lowest BCUT2D eigenvalue weighted by Gasteiger charge is -2.25. The smallest absolute Gasteiger partial charge is 0.416 e. The molecule has 2 atom stereocenters. The topological polar surface area (TPSA) is 146 Å². The molecular weight excluding hydrogens is 462 g/mol. The summed E-state index contributed by atoms with van der Waals surface area (Å²) in [6.07, 6.45) is 1.59. The van der Waals surface area contributed by atoms with Crippen LogP contribution in [0.5, 0.6) is 0 Å². The van der Waals surface area contributed by atoms with Gasteiger partial charge in [-0.2, -0.15) is 0 Å². The summed E-state index contributed by atoms with van der Waals surface area (Å²) in [6.45, 7) is 0.553. The maximum atomic E-state index is 12.9. The zero-order chi connectivity index (χ0) is 25.9. The lowest BCUT2D eigenvalue weighted by molar-refractivity contribution is -0.127. The molecule has 0 radical (unpaired) electrons. The van der Waals surface area contributed by atoms with E-state index < -0.39 is 24.1 Å². The van der Waals surface area contributed by atoms with E-state index in [0.29, 0.717) is 37.7 Å². The Labute approximate surface area is 209 Å². The normalized spacial score (nSPS) is 15.6. The lowest BCUT2D eigenvalue weighted by atomic mass is 10.1. The number of nitrogens with zero attached hydrogens (tertiary/aromatic N) is 2. The Bertz CT molecular complexity index is 1060. The summed E-state index contributed by atoms with van der Waals surface area (Å²) < 4.78 is 5.23. The molecule has 0 aliphatic carbocycles. The minimum absolute atomic E-state index is 0.0378. The minimum atomic E-state index is -0.805. The zero-order valence-electron chi connectivity index (χ0n) is 20.0. The van der Waals surface area contributed by atoms with Crippen LogP contribution in [0.3, 0.4) is 0 Å². The average Bonchev–Trinajstić information content (AvgIpc) is 3.39. The largest absolute Gasteiger partial charge is 0.444 e. The number of hydrogen-bond acceptors (Lipinski definition) is 6. The van der Waals surface area contributed by atoms with Gasteiger partial charge in [0.1, 0.15) is 18.9 Å². The SMILES string of the molecule is N=C(N)N(CCC[C@@H](C=O)NC(=O)[C@@H]1CCCN1C(=O)c1ccccc1)C(=O)OCc1ccccc1. The second kappa shape index (κ2) is 13.0. The van der Waals surface area contributed by atoms with Gasteiger partial charge in [0.15, 0.2) is 5.96 Å². The number of hydrogen-bond donors (Lipinski definition) is 3. The number of rotatable bonds is 10.